The first-order valence-corrected chi connectivity index (χ1v) is 8.45. The minimum Gasteiger partial charge on any atom is -0.423 e. The number of benzene rings is 3. The molecule has 26 heavy (non-hydrogen) atoms. The predicted molar refractivity (Wildman–Crippen MR) is 103 cm³/mol. The third-order valence-corrected chi connectivity index (χ3v) is 4.21. The zero-order valence-electron chi connectivity index (χ0n) is 14.3. The van der Waals surface area contributed by atoms with Crippen molar-refractivity contribution in [1.29, 1.82) is 0 Å². The van der Waals surface area contributed by atoms with E-state index < -0.39 is 0 Å². The van der Waals surface area contributed by atoms with E-state index in [-0.39, 0.29) is 5.97 Å². The zero-order valence-corrected chi connectivity index (χ0v) is 14.3. The first kappa shape index (κ1) is 16.0. The molecule has 0 saturated carbocycles. The fourth-order valence-corrected chi connectivity index (χ4v) is 2.94. The molecule has 0 aliphatic carbocycles. The molecule has 4 rings (SSSR count). The van der Waals surface area contributed by atoms with Crippen LogP contribution in [0.3, 0.4) is 0 Å². The van der Waals surface area contributed by atoms with Gasteiger partial charge in [0.1, 0.15) is 5.75 Å². The van der Waals surface area contributed by atoms with Crippen LogP contribution in [0.4, 0.5) is 0 Å². The number of hydrogen-bond donors (Lipinski definition) is 0. The number of carbonyl (C=O) groups is 1. The second kappa shape index (κ2) is 6.81. The molecule has 0 aliphatic heterocycles. The van der Waals surface area contributed by atoms with E-state index in [2.05, 4.69) is 0 Å². The van der Waals surface area contributed by atoms with Gasteiger partial charge in [-0.15, -0.1) is 0 Å². The Kier molecular flexibility index (Phi) is 4.20. The van der Waals surface area contributed by atoms with Crippen LogP contribution in [0.2, 0.25) is 0 Å². The molecule has 1 heterocycles. The average Bonchev–Trinajstić information content (AvgIpc) is 2.68. The van der Waals surface area contributed by atoms with Crippen molar-refractivity contribution in [3.8, 4) is 17.0 Å². The number of ether oxygens (including phenoxy) is 1. The van der Waals surface area contributed by atoms with Crippen LogP contribution in [0, 0.1) is 6.92 Å². The first-order chi connectivity index (χ1) is 12.7. The van der Waals surface area contributed by atoms with Gasteiger partial charge < -0.3 is 4.74 Å². The Balaban J connectivity index is 1.81. The van der Waals surface area contributed by atoms with E-state index in [1.807, 2.05) is 79.7 Å². The molecular formula is C23H17NO2. The summed E-state index contributed by atoms with van der Waals surface area (Å²) in [6.07, 6.45) is 0. The van der Waals surface area contributed by atoms with E-state index >= 15 is 0 Å². The molecule has 0 radical (unpaired) electrons. The van der Waals surface area contributed by atoms with Gasteiger partial charge in [0.15, 0.2) is 0 Å². The number of hydrogen-bond acceptors (Lipinski definition) is 3. The van der Waals surface area contributed by atoms with Crippen molar-refractivity contribution in [3.63, 3.8) is 0 Å². The third-order valence-electron chi connectivity index (χ3n) is 4.21. The molecule has 3 nitrogen and oxygen atoms in total. The van der Waals surface area contributed by atoms with Gasteiger partial charge in [0.2, 0.25) is 0 Å². The van der Waals surface area contributed by atoms with E-state index in [4.69, 9.17) is 9.72 Å². The monoisotopic (exact) mass is 339 g/mol. The Labute approximate surface area is 151 Å². The fourth-order valence-electron chi connectivity index (χ4n) is 2.94. The second-order valence-electron chi connectivity index (χ2n) is 6.14. The summed E-state index contributed by atoms with van der Waals surface area (Å²) < 4.78 is 5.61. The standard InChI is InChI=1S/C23H17NO2/c1-16-8-7-11-18(14-16)26-23(25)20-15-22(17-9-3-2-4-10-17)24-21-13-6-5-12-19(20)21/h2-15H,1H3. The van der Waals surface area contributed by atoms with Crippen LogP contribution in [0.25, 0.3) is 22.2 Å². The molecule has 0 N–H and O–H groups in total. The summed E-state index contributed by atoms with van der Waals surface area (Å²) in [4.78, 5) is 17.6. The van der Waals surface area contributed by atoms with Gasteiger partial charge in [0.25, 0.3) is 0 Å². The number of aryl methyl sites for hydroxylation is 1. The predicted octanol–water partition coefficient (Wildman–Crippen LogP) is 5.43. The Morgan fingerprint density at radius 1 is 0.846 bits per heavy atom. The van der Waals surface area contributed by atoms with Crippen molar-refractivity contribution in [2.24, 2.45) is 0 Å². The van der Waals surface area contributed by atoms with Gasteiger partial charge >= 0.3 is 5.97 Å². The molecule has 126 valence electrons. The van der Waals surface area contributed by atoms with Crippen LogP contribution in [0.15, 0.2) is 84.9 Å². The van der Waals surface area contributed by atoms with E-state index in [0.29, 0.717) is 11.3 Å². The highest BCUT2D eigenvalue weighted by Gasteiger charge is 2.16. The lowest BCUT2D eigenvalue weighted by molar-refractivity contribution is 0.0737. The number of pyridine rings is 1. The van der Waals surface area contributed by atoms with Gasteiger partial charge in [-0.05, 0) is 36.8 Å². The van der Waals surface area contributed by atoms with Crippen LogP contribution in [-0.4, -0.2) is 11.0 Å². The maximum atomic E-state index is 12.9. The van der Waals surface area contributed by atoms with Gasteiger partial charge in [-0.2, -0.15) is 0 Å². The SMILES string of the molecule is Cc1cccc(OC(=O)c2cc(-c3ccccc3)nc3ccccc23)c1. The molecular weight excluding hydrogens is 322 g/mol. The van der Waals surface area contributed by atoms with Crippen LogP contribution < -0.4 is 4.74 Å². The maximum absolute atomic E-state index is 12.9. The van der Waals surface area contributed by atoms with Gasteiger partial charge in [-0.25, -0.2) is 9.78 Å². The maximum Gasteiger partial charge on any atom is 0.344 e. The van der Waals surface area contributed by atoms with Crippen LogP contribution in [-0.2, 0) is 0 Å². The highest BCUT2D eigenvalue weighted by atomic mass is 16.5. The van der Waals surface area contributed by atoms with Gasteiger partial charge in [0, 0.05) is 10.9 Å². The van der Waals surface area contributed by atoms with E-state index in [1.54, 1.807) is 12.1 Å². The normalized spacial score (nSPS) is 10.7. The highest BCUT2D eigenvalue weighted by molar-refractivity contribution is 6.05. The topological polar surface area (TPSA) is 39.2 Å². The lowest BCUT2D eigenvalue weighted by atomic mass is 10.0. The first-order valence-electron chi connectivity index (χ1n) is 8.45. The van der Waals surface area contributed by atoms with Crippen molar-refractivity contribution in [2.45, 2.75) is 6.92 Å². The van der Waals surface area contributed by atoms with Crippen LogP contribution in [0.5, 0.6) is 5.75 Å². The molecule has 0 saturated heterocycles. The summed E-state index contributed by atoms with van der Waals surface area (Å²) in [6.45, 7) is 1.96. The smallest absolute Gasteiger partial charge is 0.344 e. The quantitative estimate of drug-likeness (QED) is 0.369. The molecule has 3 aromatic carbocycles. The molecule has 1 aromatic heterocycles. The summed E-state index contributed by atoms with van der Waals surface area (Å²) in [5, 5.41) is 0.782. The van der Waals surface area contributed by atoms with Crippen LogP contribution in [0.1, 0.15) is 15.9 Å². The average molecular weight is 339 g/mol. The van der Waals surface area contributed by atoms with Crippen molar-refractivity contribution in [1.82, 2.24) is 4.98 Å². The minimum atomic E-state index is -0.383. The zero-order chi connectivity index (χ0) is 17.9. The summed E-state index contributed by atoms with van der Waals surface area (Å²) in [7, 11) is 0. The summed E-state index contributed by atoms with van der Waals surface area (Å²) in [5.74, 6) is 0.156. The fraction of sp³-hybridized carbons (Fsp3) is 0.0435. The summed E-state index contributed by atoms with van der Waals surface area (Å²) in [6, 6.07) is 26.7. The largest absolute Gasteiger partial charge is 0.423 e. The van der Waals surface area contributed by atoms with E-state index in [0.717, 1.165) is 27.7 Å². The molecule has 0 spiro atoms. The second-order valence-corrected chi connectivity index (χ2v) is 6.14. The van der Waals surface area contributed by atoms with Crippen molar-refractivity contribution >= 4 is 16.9 Å². The molecule has 0 fully saturated rings. The van der Waals surface area contributed by atoms with E-state index in [1.165, 1.54) is 0 Å². The number of rotatable bonds is 3. The lowest BCUT2D eigenvalue weighted by Gasteiger charge is -2.10. The number of carbonyl (C=O) groups excluding carboxylic acids is 1. The Hall–Kier alpha value is -3.46. The Bertz CT molecular complexity index is 1090. The minimum absolute atomic E-state index is 0.383. The van der Waals surface area contributed by atoms with Gasteiger partial charge in [-0.3, -0.25) is 0 Å². The molecule has 3 heteroatoms. The molecule has 4 aromatic rings. The third kappa shape index (κ3) is 3.20. The molecule has 0 amide bonds. The molecule has 0 unspecified atom stereocenters. The molecule has 0 atom stereocenters. The van der Waals surface area contributed by atoms with Crippen molar-refractivity contribution in [2.75, 3.05) is 0 Å². The van der Waals surface area contributed by atoms with Gasteiger partial charge in [0.05, 0.1) is 16.8 Å². The number of fused-ring (bicyclic) bond motifs is 1. The number of nitrogens with zero attached hydrogens (tertiary/aromatic N) is 1. The molecule has 0 aliphatic rings. The lowest BCUT2D eigenvalue weighted by Crippen LogP contribution is -2.10. The van der Waals surface area contributed by atoms with Gasteiger partial charge in [-0.1, -0.05) is 60.7 Å². The summed E-state index contributed by atoms with van der Waals surface area (Å²) >= 11 is 0. The number of esters is 1. The van der Waals surface area contributed by atoms with Crippen molar-refractivity contribution in [3.05, 3.63) is 96.1 Å². The highest BCUT2D eigenvalue weighted by Crippen LogP contribution is 2.26. The number of aromatic nitrogens is 1. The number of para-hydroxylation sites is 1. The van der Waals surface area contributed by atoms with Crippen LogP contribution >= 0.6 is 0 Å². The Morgan fingerprint density at radius 3 is 2.42 bits per heavy atom. The summed E-state index contributed by atoms with van der Waals surface area (Å²) in [5.41, 5.74) is 4.03. The molecule has 0 bridgehead atoms. The van der Waals surface area contributed by atoms with Crippen molar-refractivity contribution < 1.29 is 9.53 Å². The Morgan fingerprint density at radius 2 is 1.62 bits per heavy atom. The van der Waals surface area contributed by atoms with E-state index in [9.17, 15) is 4.79 Å².